The highest BCUT2D eigenvalue weighted by atomic mass is 35.5. The van der Waals surface area contributed by atoms with E-state index in [0.29, 0.717) is 5.88 Å². The summed E-state index contributed by atoms with van der Waals surface area (Å²) < 4.78 is 7.60. The molecule has 0 N–H and O–H groups in total. The normalized spacial score (nSPS) is 11.0. The Labute approximate surface area is 128 Å². The molecule has 0 aliphatic heterocycles. The van der Waals surface area contributed by atoms with Crippen molar-refractivity contribution in [1.82, 2.24) is 14.5 Å². The van der Waals surface area contributed by atoms with Crippen LogP contribution in [0.15, 0.2) is 42.7 Å². The fourth-order valence-corrected chi connectivity index (χ4v) is 2.63. The van der Waals surface area contributed by atoms with Crippen molar-refractivity contribution >= 4 is 22.6 Å². The summed E-state index contributed by atoms with van der Waals surface area (Å²) >= 11 is 5.92. The number of rotatable bonds is 5. The van der Waals surface area contributed by atoms with E-state index in [-0.39, 0.29) is 0 Å². The molecule has 0 aliphatic rings. The maximum atomic E-state index is 5.92. The number of aryl methyl sites for hydroxylation is 1. The molecule has 3 aromatic rings. The molecule has 4 nitrogen and oxygen atoms in total. The number of fused-ring (bicyclic) bond motifs is 1. The van der Waals surface area contributed by atoms with Gasteiger partial charge in [-0.15, -0.1) is 11.6 Å². The van der Waals surface area contributed by atoms with Gasteiger partial charge in [-0.05, 0) is 29.8 Å². The highest BCUT2D eigenvalue weighted by molar-refractivity contribution is 6.17. The lowest BCUT2D eigenvalue weighted by Crippen LogP contribution is -2.06. The van der Waals surface area contributed by atoms with Crippen LogP contribution < -0.4 is 4.74 Å². The van der Waals surface area contributed by atoms with Crippen molar-refractivity contribution in [2.45, 2.75) is 13.0 Å². The minimum Gasteiger partial charge on any atom is -0.494 e. The van der Waals surface area contributed by atoms with Crippen LogP contribution >= 0.6 is 11.6 Å². The number of aromatic nitrogens is 3. The van der Waals surface area contributed by atoms with Crippen LogP contribution in [-0.4, -0.2) is 27.5 Å². The van der Waals surface area contributed by atoms with Crippen molar-refractivity contribution < 1.29 is 4.74 Å². The second-order valence-corrected chi connectivity index (χ2v) is 5.11. The fraction of sp³-hybridized carbons (Fsp3) is 0.250. The molecule has 3 rings (SSSR count). The van der Waals surface area contributed by atoms with Crippen LogP contribution in [0.25, 0.3) is 11.0 Å². The van der Waals surface area contributed by atoms with Crippen LogP contribution in [0.5, 0.6) is 5.75 Å². The maximum absolute atomic E-state index is 5.92. The first kappa shape index (κ1) is 13.9. The first-order valence-electron chi connectivity index (χ1n) is 6.80. The molecule has 21 heavy (non-hydrogen) atoms. The Balaban J connectivity index is 2.12. The smallest absolute Gasteiger partial charge is 0.146 e. The van der Waals surface area contributed by atoms with E-state index in [2.05, 4.69) is 15.6 Å². The summed E-state index contributed by atoms with van der Waals surface area (Å²) in [5.41, 5.74) is 3.13. The van der Waals surface area contributed by atoms with Gasteiger partial charge in [0.25, 0.3) is 0 Å². The zero-order valence-corrected chi connectivity index (χ0v) is 12.5. The quantitative estimate of drug-likeness (QED) is 0.679. The predicted octanol–water partition coefficient (Wildman–Crippen LogP) is 3.27. The van der Waals surface area contributed by atoms with Crippen molar-refractivity contribution in [1.29, 1.82) is 0 Å². The minimum atomic E-state index is 0.544. The lowest BCUT2D eigenvalue weighted by molar-refractivity contribution is 0.419. The second-order valence-electron chi connectivity index (χ2n) is 4.74. The van der Waals surface area contributed by atoms with Crippen molar-refractivity contribution in [3.05, 3.63) is 54.1 Å². The molecule has 5 heteroatoms. The molecule has 0 aliphatic carbocycles. The summed E-state index contributed by atoms with van der Waals surface area (Å²) in [6, 6.07) is 9.99. The molecule has 108 valence electrons. The van der Waals surface area contributed by atoms with Crippen molar-refractivity contribution in [3.63, 3.8) is 0 Å². The third kappa shape index (κ3) is 2.72. The Morgan fingerprint density at radius 2 is 2.00 bits per heavy atom. The Kier molecular flexibility index (Phi) is 4.06. The van der Waals surface area contributed by atoms with Crippen molar-refractivity contribution in [2.75, 3.05) is 13.0 Å². The molecule has 0 radical (unpaired) electrons. The van der Waals surface area contributed by atoms with Gasteiger partial charge in [-0.2, -0.15) is 0 Å². The summed E-state index contributed by atoms with van der Waals surface area (Å²) in [4.78, 5) is 8.76. The lowest BCUT2D eigenvalue weighted by Gasteiger charge is -2.08. The predicted molar refractivity (Wildman–Crippen MR) is 84.0 cm³/mol. The largest absolute Gasteiger partial charge is 0.494 e. The molecule has 2 aromatic heterocycles. The van der Waals surface area contributed by atoms with Crippen LogP contribution in [0, 0.1) is 0 Å². The maximum Gasteiger partial charge on any atom is 0.146 e. The third-order valence-corrected chi connectivity index (χ3v) is 3.64. The zero-order valence-electron chi connectivity index (χ0n) is 11.8. The van der Waals surface area contributed by atoms with Gasteiger partial charge >= 0.3 is 0 Å². The zero-order chi connectivity index (χ0) is 14.7. The van der Waals surface area contributed by atoms with E-state index in [9.17, 15) is 0 Å². The number of para-hydroxylation sites is 1. The van der Waals surface area contributed by atoms with E-state index in [1.165, 1.54) is 5.56 Å². The average molecular weight is 302 g/mol. The van der Waals surface area contributed by atoms with Crippen LogP contribution in [0.1, 0.15) is 11.4 Å². The first-order valence-corrected chi connectivity index (χ1v) is 7.34. The van der Waals surface area contributed by atoms with Crippen LogP contribution in [-0.2, 0) is 13.0 Å². The van der Waals surface area contributed by atoms with E-state index in [4.69, 9.17) is 21.3 Å². The van der Waals surface area contributed by atoms with E-state index in [1.54, 1.807) is 19.5 Å². The van der Waals surface area contributed by atoms with Gasteiger partial charge in [-0.1, -0.05) is 6.07 Å². The Hall–Kier alpha value is -2.07. The Morgan fingerprint density at radius 3 is 2.71 bits per heavy atom. The van der Waals surface area contributed by atoms with Crippen LogP contribution in [0.4, 0.5) is 0 Å². The molecule has 0 saturated carbocycles. The monoisotopic (exact) mass is 301 g/mol. The molecule has 2 heterocycles. The summed E-state index contributed by atoms with van der Waals surface area (Å²) in [6.07, 6.45) is 4.33. The SMILES string of the molecule is COc1cccc2c1nc(CCCl)n2Cc1ccncc1. The van der Waals surface area contributed by atoms with Gasteiger partial charge in [-0.25, -0.2) is 4.98 Å². The number of alkyl halides is 1. The molecule has 1 aromatic carbocycles. The van der Waals surface area contributed by atoms with Crippen molar-refractivity contribution in [2.24, 2.45) is 0 Å². The van der Waals surface area contributed by atoms with Crippen LogP contribution in [0.3, 0.4) is 0 Å². The molecule has 0 fully saturated rings. The summed E-state index contributed by atoms with van der Waals surface area (Å²) in [6.45, 7) is 0.748. The van der Waals surface area contributed by atoms with E-state index < -0.39 is 0 Å². The van der Waals surface area contributed by atoms with Gasteiger partial charge in [0.2, 0.25) is 0 Å². The number of hydrogen-bond donors (Lipinski definition) is 0. The van der Waals surface area contributed by atoms with Gasteiger partial charge in [0.15, 0.2) is 0 Å². The number of halogens is 1. The molecular weight excluding hydrogens is 286 g/mol. The second kappa shape index (κ2) is 6.14. The molecule has 0 atom stereocenters. The molecular formula is C16H16ClN3O. The standard InChI is InChI=1S/C16H16ClN3O/c1-21-14-4-2-3-13-16(14)19-15(5-8-17)20(13)11-12-6-9-18-10-7-12/h2-4,6-7,9-10H,5,8,11H2,1H3. The highest BCUT2D eigenvalue weighted by Crippen LogP contribution is 2.26. The number of methoxy groups -OCH3 is 1. The number of pyridine rings is 1. The Morgan fingerprint density at radius 1 is 1.19 bits per heavy atom. The van der Waals surface area contributed by atoms with Gasteiger partial charge in [0.1, 0.15) is 17.1 Å². The molecule has 0 bridgehead atoms. The molecule has 0 amide bonds. The van der Waals surface area contributed by atoms with Gasteiger partial charge in [0.05, 0.1) is 12.6 Å². The number of hydrogen-bond acceptors (Lipinski definition) is 3. The average Bonchev–Trinajstić information content (AvgIpc) is 2.87. The topological polar surface area (TPSA) is 39.9 Å². The van der Waals surface area contributed by atoms with Crippen molar-refractivity contribution in [3.8, 4) is 5.75 Å². The molecule has 0 spiro atoms. The first-order chi connectivity index (χ1) is 10.3. The van der Waals surface area contributed by atoms with E-state index >= 15 is 0 Å². The minimum absolute atomic E-state index is 0.544. The molecule has 0 unspecified atom stereocenters. The number of nitrogens with zero attached hydrogens (tertiary/aromatic N) is 3. The highest BCUT2D eigenvalue weighted by Gasteiger charge is 2.13. The number of benzene rings is 1. The van der Waals surface area contributed by atoms with E-state index in [0.717, 1.165) is 35.6 Å². The fourth-order valence-electron chi connectivity index (χ4n) is 2.46. The summed E-state index contributed by atoms with van der Waals surface area (Å²) in [5.74, 6) is 2.31. The summed E-state index contributed by atoms with van der Waals surface area (Å²) in [5, 5.41) is 0. The van der Waals surface area contributed by atoms with Gasteiger partial charge in [-0.3, -0.25) is 4.98 Å². The van der Waals surface area contributed by atoms with Crippen LogP contribution in [0.2, 0.25) is 0 Å². The van der Waals surface area contributed by atoms with Gasteiger partial charge < -0.3 is 9.30 Å². The van der Waals surface area contributed by atoms with E-state index in [1.807, 2.05) is 24.3 Å². The third-order valence-electron chi connectivity index (χ3n) is 3.45. The van der Waals surface area contributed by atoms with Gasteiger partial charge in [0, 0.05) is 31.2 Å². The summed E-state index contributed by atoms with van der Waals surface area (Å²) in [7, 11) is 1.66. The number of ether oxygens (including phenoxy) is 1. The molecule has 0 saturated heterocycles. The lowest BCUT2D eigenvalue weighted by atomic mass is 10.2. The Bertz CT molecular complexity index is 740. The number of imidazole rings is 1.